The molecule has 0 amide bonds. The van der Waals surface area contributed by atoms with Crippen LogP contribution in [-0.4, -0.2) is 37.1 Å². The van der Waals surface area contributed by atoms with Gasteiger partial charge in [-0.3, -0.25) is 4.90 Å². The third-order valence-electron chi connectivity index (χ3n) is 5.00. The van der Waals surface area contributed by atoms with Crippen LogP contribution in [0.2, 0.25) is 0 Å². The Hall–Kier alpha value is -1.91. The summed E-state index contributed by atoms with van der Waals surface area (Å²) in [5.41, 5.74) is 9.01. The Morgan fingerprint density at radius 3 is 2.36 bits per heavy atom. The van der Waals surface area contributed by atoms with Crippen molar-refractivity contribution in [2.45, 2.75) is 32.4 Å². The van der Waals surface area contributed by atoms with Crippen LogP contribution in [-0.2, 0) is 13.0 Å². The van der Waals surface area contributed by atoms with E-state index in [9.17, 15) is 4.39 Å². The average Bonchev–Trinajstić information content (AvgIpc) is 2.63. The van der Waals surface area contributed by atoms with Gasteiger partial charge in [-0.1, -0.05) is 43.3 Å². The van der Waals surface area contributed by atoms with Crippen LogP contribution in [0, 0.1) is 5.82 Å². The summed E-state index contributed by atoms with van der Waals surface area (Å²) in [4.78, 5) is 4.58. The van der Waals surface area contributed by atoms with E-state index < -0.39 is 0 Å². The molecule has 2 N–H and O–H groups in total. The van der Waals surface area contributed by atoms with E-state index in [1.165, 1.54) is 5.56 Å². The lowest BCUT2D eigenvalue weighted by molar-refractivity contribution is 0.249. The van der Waals surface area contributed by atoms with Gasteiger partial charge >= 0.3 is 0 Å². The van der Waals surface area contributed by atoms with Crippen molar-refractivity contribution in [1.29, 1.82) is 0 Å². The molecule has 134 valence electrons. The molecule has 4 heteroatoms. The summed E-state index contributed by atoms with van der Waals surface area (Å²) in [7, 11) is 0. The number of benzene rings is 2. The molecule has 0 spiro atoms. The molecule has 1 unspecified atom stereocenters. The summed E-state index contributed by atoms with van der Waals surface area (Å²) in [5.74, 6) is -0.127. The molecule has 0 aliphatic carbocycles. The molecule has 2 aromatic rings. The molecule has 25 heavy (non-hydrogen) atoms. The third kappa shape index (κ3) is 4.80. The number of rotatable bonds is 6. The van der Waals surface area contributed by atoms with Crippen LogP contribution in [0.5, 0.6) is 0 Å². The van der Waals surface area contributed by atoms with Gasteiger partial charge in [0.25, 0.3) is 0 Å². The molecule has 1 fully saturated rings. The standard InChI is InChI=1S/C21H28FN3/c1-2-19(23)14-18-8-9-21(20(22)15-18)25-12-10-24(11-13-25)16-17-6-4-3-5-7-17/h3-9,15,19H,2,10-14,16,23H2,1H3. The second-order valence-electron chi connectivity index (χ2n) is 6.91. The van der Waals surface area contributed by atoms with E-state index in [0.717, 1.165) is 51.1 Å². The highest BCUT2D eigenvalue weighted by atomic mass is 19.1. The van der Waals surface area contributed by atoms with Crippen molar-refractivity contribution in [2.24, 2.45) is 5.73 Å². The number of piperazine rings is 1. The average molecular weight is 341 g/mol. The van der Waals surface area contributed by atoms with Crippen molar-refractivity contribution in [2.75, 3.05) is 31.1 Å². The monoisotopic (exact) mass is 341 g/mol. The number of nitrogens with zero attached hydrogens (tertiary/aromatic N) is 2. The van der Waals surface area contributed by atoms with E-state index >= 15 is 0 Å². The SMILES string of the molecule is CCC(N)Cc1ccc(N2CCN(Cc3ccccc3)CC2)c(F)c1. The summed E-state index contributed by atoms with van der Waals surface area (Å²) in [6.45, 7) is 6.65. The number of hydrogen-bond donors (Lipinski definition) is 1. The lowest BCUT2D eigenvalue weighted by Crippen LogP contribution is -2.46. The van der Waals surface area contributed by atoms with E-state index in [1.54, 1.807) is 6.07 Å². The normalized spacial score (nSPS) is 16.8. The number of halogens is 1. The Balaban J connectivity index is 1.57. The van der Waals surface area contributed by atoms with Crippen LogP contribution in [0.15, 0.2) is 48.5 Å². The zero-order valence-corrected chi connectivity index (χ0v) is 15.0. The first-order valence-electron chi connectivity index (χ1n) is 9.21. The van der Waals surface area contributed by atoms with Gasteiger partial charge in [0, 0.05) is 38.8 Å². The summed E-state index contributed by atoms with van der Waals surface area (Å²) in [5, 5.41) is 0. The van der Waals surface area contributed by atoms with Crippen molar-refractivity contribution >= 4 is 5.69 Å². The van der Waals surface area contributed by atoms with Crippen LogP contribution in [0.25, 0.3) is 0 Å². The lowest BCUT2D eigenvalue weighted by Gasteiger charge is -2.36. The molecule has 1 atom stereocenters. The smallest absolute Gasteiger partial charge is 0.146 e. The van der Waals surface area contributed by atoms with Gasteiger partial charge in [0.05, 0.1) is 5.69 Å². The lowest BCUT2D eigenvalue weighted by atomic mass is 10.0. The van der Waals surface area contributed by atoms with Crippen molar-refractivity contribution in [3.63, 3.8) is 0 Å². The second-order valence-corrected chi connectivity index (χ2v) is 6.91. The van der Waals surface area contributed by atoms with E-state index in [4.69, 9.17) is 5.73 Å². The van der Waals surface area contributed by atoms with Crippen LogP contribution in [0.4, 0.5) is 10.1 Å². The third-order valence-corrected chi connectivity index (χ3v) is 5.00. The molecule has 0 bridgehead atoms. The Morgan fingerprint density at radius 1 is 1.00 bits per heavy atom. The maximum atomic E-state index is 14.5. The van der Waals surface area contributed by atoms with Crippen molar-refractivity contribution in [3.8, 4) is 0 Å². The highest BCUT2D eigenvalue weighted by Gasteiger charge is 2.20. The van der Waals surface area contributed by atoms with Gasteiger partial charge in [0.15, 0.2) is 0 Å². The first kappa shape index (κ1) is 17.9. The van der Waals surface area contributed by atoms with Gasteiger partial charge < -0.3 is 10.6 Å². The Morgan fingerprint density at radius 2 is 1.72 bits per heavy atom. The predicted molar refractivity (Wildman–Crippen MR) is 102 cm³/mol. The molecule has 2 aromatic carbocycles. The summed E-state index contributed by atoms with van der Waals surface area (Å²) in [6, 6.07) is 16.2. The fraction of sp³-hybridized carbons (Fsp3) is 0.429. The van der Waals surface area contributed by atoms with Gasteiger partial charge in [0.1, 0.15) is 5.82 Å². The van der Waals surface area contributed by atoms with Gasteiger partial charge in [-0.2, -0.15) is 0 Å². The molecule has 0 saturated carbocycles. The van der Waals surface area contributed by atoms with E-state index in [2.05, 4.69) is 41.0 Å². The maximum Gasteiger partial charge on any atom is 0.146 e. The number of hydrogen-bond acceptors (Lipinski definition) is 3. The largest absolute Gasteiger partial charge is 0.367 e. The Kier molecular flexibility index (Phi) is 6.05. The van der Waals surface area contributed by atoms with Gasteiger partial charge in [-0.05, 0) is 36.1 Å². The molecular weight excluding hydrogens is 313 g/mol. The topological polar surface area (TPSA) is 32.5 Å². The van der Waals surface area contributed by atoms with Crippen LogP contribution in [0.1, 0.15) is 24.5 Å². The molecule has 1 aliphatic rings. The summed E-state index contributed by atoms with van der Waals surface area (Å²) < 4.78 is 14.5. The Labute approximate surface area is 150 Å². The molecule has 1 heterocycles. The molecule has 3 rings (SSSR count). The van der Waals surface area contributed by atoms with Crippen LogP contribution < -0.4 is 10.6 Å². The first-order valence-corrected chi connectivity index (χ1v) is 9.21. The molecule has 0 radical (unpaired) electrons. The molecule has 1 saturated heterocycles. The maximum absolute atomic E-state index is 14.5. The van der Waals surface area contributed by atoms with Crippen LogP contribution >= 0.6 is 0 Å². The molecular formula is C21H28FN3. The fourth-order valence-corrected chi connectivity index (χ4v) is 3.37. The van der Waals surface area contributed by atoms with Gasteiger partial charge in [-0.25, -0.2) is 4.39 Å². The highest BCUT2D eigenvalue weighted by Crippen LogP contribution is 2.23. The van der Waals surface area contributed by atoms with E-state index in [1.807, 2.05) is 18.2 Å². The van der Waals surface area contributed by atoms with Gasteiger partial charge in [0.2, 0.25) is 0 Å². The zero-order chi connectivity index (χ0) is 17.6. The molecule has 3 nitrogen and oxygen atoms in total. The highest BCUT2D eigenvalue weighted by molar-refractivity contribution is 5.49. The summed E-state index contributed by atoms with van der Waals surface area (Å²) in [6.07, 6.45) is 1.64. The van der Waals surface area contributed by atoms with Gasteiger partial charge in [-0.15, -0.1) is 0 Å². The van der Waals surface area contributed by atoms with Crippen molar-refractivity contribution in [1.82, 2.24) is 4.90 Å². The summed E-state index contributed by atoms with van der Waals surface area (Å²) >= 11 is 0. The van der Waals surface area contributed by atoms with Crippen molar-refractivity contribution < 1.29 is 4.39 Å². The van der Waals surface area contributed by atoms with E-state index in [-0.39, 0.29) is 11.9 Å². The number of anilines is 1. The minimum absolute atomic E-state index is 0.104. The molecule has 0 aromatic heterocycles. The van der Waals surface area contributed by atoms with Crippen LogP contribution in [0.3, 0.4) is 0 Å². The predicted octanol–water partition coefficient (Wildman–Crippen LogP) is 3.43. The molecule has 1 aliphatic heterocycles. The fourth-order valence-electron chi connectivity index (χ4n) is 3.37. The number of nitrogens with two attached hydrogens (primary N) is 1. The minimum Gasteiger partial charge on any atom is -0.367 e. The van der Waals surface area contributed by atoms with Crippen molar-refractivity contribution in [3.05, 3.63) is 65.5 Å². The quantitative estimate of drug-likeness (QED) is 0.874. The zero-order valence-electron chi connectivity index (χ0n) is 15.0. The Bertz CT molecular complexity index is 666. The minimum atomic E-state index is -0.127. The van der Waals surface area contributed by atoms with E-state index in [0.29, 0.717) is 5.69 Å². The first-order chi connectivity index (χ1) is 12.2. The second kappa shape index (κ2) is 8.45.